The Hall–Kier alpha value is -4.84. The highest BCUT2D eigenvalue weighted by atomic mass is 16.5. The number of carbonyl (C=O) groups excluding carboxylic acids is 2. The zero-order valence-electron chi connectivity index (χ0n) is 24.5. The molecule has 0 unspecified atom stereocenters. The van der Waals surface area contributed by atoms with Gasteiger partial charge in [-0.25, -0.2) is 4.79 Å². The van der Waals surface area contributed by atoms with Crippen molar-refractivity contribution in [3.05, 3.63) is 90.9 Å². The second-order valence-electron chi connectivity index (χ2n) is 12.2. The summed E-state index contributed by atoms with van der Waals surface area (Å²) >= 11 is 0. The normalized spacial score (nSPS) is 12.9. The quantitative estimate of drug-likeness (QED) is 0.0591. The van der Waals surface area contributed by atoms with E-state index >= 15 is 0 Å². The molecule has 0 heterocycles. The Morgan fingerprint density at radius 1 is 0.732 bits per heavy atom. The molecule has 0 amide bonds. The Morgan fingerprint density at radius 2 is 1.15 bits per heavy atom. The van der Waals surface area contributed by atoms with Crippen LogP contribution in [0, 0.1) is 0 Å². The standard InChI is InChI=1S/C32H32N6O3/c1-17(39)26(35-37-33)13-18-9-20-11-23(32(5,6)7)16-25-19(14-27(36-38-34)30(40)41-8)10-21-12-22(31(2,3)4)15-24(18)28(21)29(20)25/h9-16H,1-8H3/b26-13+,27-14+. The second-order valence-corrected chi connectivity index (χ2v) is 12.2. The van der Waals surface area contributed by atoms with Crippen LogP contribution in [-0.2, 0) is 25.2 Å². The predicted octanol–water partition coefficient (Wildman–Crippen LogP) is 9.24. The highest BCUT2D eigenvalue weighted by Gasteiger charge is 2.23. The van der Waals surface area contributed by atoms with Crippen molar-refractivity contribution in [2.45, 2.75) is 59.3 Å². The van der Waals surface area contributed by atoms with Crippen molar-refractivity contribution in [2.75, 3.05) is 7.11 Å². The SMILES string of the molecule is COC(=O)/C(=C\c1cc2cc(C(C)(C)C)cc3c(/C=C(/N=[N+]=[N-])C(C)=O)cc4cc(C(C)(C)C)cc1c4c23)N=[N+]=[N-]. The van der Waals surface area contributed by atoms with Crippen molar-refractivity contribution < 1.29 is 14.3 Å². The van der Waals surface area contributed by atoms with Crippen LogP contribution < -0.4 is 0 Å². The number of carbonyl (C=O) groups is 2. The maximum atomic E-state index is 12.5. The van der Waals surface area contributed by atoms with Crippen molar-refractivity contribution in [3.8, 4) is 0 Å². The molecule has 0 radical (unpaired) electrons. The van der Waals surface area contributed by atoms with Gasteiger partial charge in [0.2, 0.25) is 0 Å². The maximum Gasteiger partial charge on any atom is 0.340 e. The van der Waals surface area contributed by atoms with E-state index < -0.39 is 5.97 Å². The first-order valence-corrected chi connectivity index (χ1v) is 13.1. The van der Waals surface area contributed by atoms with E-state index in [0.717, 1.165) is 49.0 Å². The minimum Gasteiger partial charge on any atom is -0.466 e. The summed E-state index contributed by atoms with van der Waals surface area (Å²) in [5.74, 6) is -1.07. The van der Waals surface area contributed by atoms with Gasteiger partial charge in [0, 0.05) is 9.82 Å². The van der Waals surface area contributed by atoms with E-state index in [2.05, 4.69) is 85.9 Å². The molecule has 0 aliphatic heterocycles. The van der Waals surface area contributed by atoms with Gasteiger partial charge in [-0.1, -0.05) is 63.9 Å². The molecule has 0 spiro atoms. The molecule has 0 aliphatic carbocycles. The minimum absolute atomic E-state index is 0.0244. The van der Waals surface area contributed by atoms with E-state index in [-0.39, 0.29) is 28.0 Å². The van der Waals surface area contributed by atoms with E-state index in [9.17, 15) is 9.59 Å². The van der Waals surface area contributed by atoms with Gasteiger partial charge in [-0.15, -0.1) is 0 Å². The number of ketones is 1. The monoisotopic (exact) mass is 548 g/mol. The van der Waals surface area contributed by atoms with Gasteiger partial charge in [-0.2, -0.15) is 0 Å². The number of methoxy groups -OCH3 is 1. The Balaban J connectivity index is 2.32. The fraction of sp³-hybridized carbons (Fsp3) is 0.312. The molecule has 0 saturated carbocycles. The van der Waals surface area contributed by atoms with Crippen molar-refractivity contribution in [3.63, 3.8) is 0 Å². The molecule has 4 aromatic rings. The van der Waals surface area contributed by atoms with Crippen LogP contribution in [0.5, 0.6) is 0 Å². The van der Waals surface area contributed by atoms with Gasteiger partial charge in [0.1, 0.15) is 5.70 Å². The number of esters is 1. The van der Waals surface area contributed by atoms with Crippen molar-refractivity contribution in [1.29, 1.82) is 0 Å². The third-order valence-electron chi connectivity index (χ3n) is 7.21. The lowest BCUT2D eigenvalue weighted by molar-refractivity contribution is -0.136. The summed E-state index contributed by atoms with van der Waals surface area (Å²) in [6, 6.07) is 12.5. The highest BCUT2D eigenvalue weighted by Crippen LogP contribution is 2.43. The molecule has 9 nitrogen and oxygen atoms in total. The lowest BCUT2D eigenvalue weighted by Crippen LogP contribution is -2.12. The third kappa shape index (κ3) is 5.59. The molecule has 0 aliphatic rings. The predicted molar refractivity (Wildman–Crippen MR) is 164 cm³/mol. The molecule has 4 rings (SSSR count). The molecule has 0 fully saturated rings. The van der Waals surface area contributed by atoms with E-state index in [1.807, 2.05) is 12.1 Å². The summed E-state index contributed by atoms with van der Waals surface area (Å²) in [6.45, 7) is 14.1. The zero-order chi connectivity index (χ0) is 30.3. The van der Waals surface area contributed by atoms with Gasteiger partial charge in [0.15, 0.2) is 5.78 Å². The first-order chi connectivity index (χ1) is 19.2. The molecular formula is C32H32N6O3. The lowest BCUT2D eigenvalue weighted by atomic mass is 9.79. The molecule has 4 aromatic carbocycles. The van der Waals surface area contributed by atoms with Crippen LogP contribution in [-0.4, -0.2) is 18.9 Å². The number of nitrogens with zero attached hydrogens (tertiary/aromatic N) is 6. The van der Waals surface area contributed by atoms with E-state index in [1.54, 1.807) is 12.2 Å². The Morgan fingerprint density at radius 3 is 1.51 bits per heavy atom. The first-order valence-electron chi connectivity index (χ1n) is 13.1. The van der Waals surface area contributed by atoms with Gasteiger partial charge < -0.3 is 4.74 Å². The van der Waals surface area contributed by atoms with Crippen LogP contribution in [0.3, 0.4) is 0 Å². The zero-order valence-corrected chi connectivity index (χ0v) is 24.5. The number of azide groups is 2. The molecule has 0 bridgehead atoms. The summed E-state index contributed by atoms with van der Waals surface area (Å²) in [5.41, 5.74) is 21.2. The van der Waals surface area contributed by atoms with Crippen molar-refractivity contribution in [2.24, 2.45) is 10.2 Å². The molecule has 9 heteroatoms. The first kappa shape index (κ1) is 29.2. The molecule has 208 valence electrons. The maximum absolute atomic E-state index is 12.5. The van der Waals surface area contributed by atoms with Crippen molar-refractivity contribution in [1.82, 2.24) is 0 Å². The van der Waals surface area contributed by atoms with E-state index in [4.69, 9.17) is 15.8 Å². The van der Waals surface area contributed by atoms with E-state index in [1.165, 1.54) is 14.0 Å². The van der Waals surface area contributed by atoms with E-state index in [0.29, 0.717) is 5.56 Å². The van der Waals surface area contributed by atoms with Gasteiger partial charge in [0.25, 0.3) is 0 Å². The van der Waals surface area contributed by atoms with Crippen LogP contribution >= 0.6 is 0 Å². The molecular weight excluding hydrogens is 516 g/mol. The number of Topliss-reactive ketones (excluding diaryl/α,β-unsaturated/α-hetero) is 1. The lowest BCUT2D eigenvalue weighted by Gasteiger charge is -2.25. The summed E-state index contributed by atoms with van der Waals surface area (Å²) in [6.07, 6.45) is 3.21. The molecule has 41 heavy (non-hydrogen) atoms. The largest absolute Gasteiger partial charge is 0.466 e. The summed E-state index contributed by atoms with van der Waals surface area (Å²) in [4.78, 5) is 30.5. The topological polar surface area (TPSA) is 141 Å². The average Bonchev–Trinajstić information content (AvgIpc) is 2.89. The Bertz CT molecular complexity index is 1890. The van der Waals surface area contributed by atoms with Gasteiger partial charge in [-0.3, -0.25) is 4.79 Å². The minimum atomic E-state index is -0.735. The van der Waals surface area contributed by atoms with Crippen LogP contribution in [0.2, 0.25) is 0 Å². The number of hydrogen-bond acceptors (Lipinski definition) is 5. The van der Waals surface area contributed by atoms with Crippen LogP contribution in [0.15, 0.2) is 58.0 Å². The Labute approximate surface area is 238 Å². The number of rotatable bonds is 6. The Kier molecular flexibility index (Phi) is 7.55. The van der Waals surface area contributed by atoms with Crippen LogP contribution in [0.25, 0.3) is 65.4 Å². The number of allylic oxidation sites excluding steroid dienone is 1. The molecule has 0 saturated heterocycles. The summed E-state index contributed by atoms with van der Waals surface area (Å²) < 4.78 is 4.87. The summed E-state index contributed by atoms with van der Waals surface area (Å²) in [7, 11) is 1.24. The summed E-state index contributed by atoms with van der Waals surface area (Å²) in [5, 5.41) is 12.8. The fourth-order valence-corrected chi connectivity index (χ4v) is 4.99. The number of hydrogen-bond donors (Lipinski definition) is 0. The smallest absolute Gasteiger partial charge is 0.340 e. The van der Waals surface area contributed by atoms with Gasteiger partial charge >= 0.3 is 5.97 Å². The molecule has 0 N–H and O–H groups in total. The molecule has 0 atom stereocenters. The van der Waals surface area contributed by atoms with Crippen LogP contribution in [0.1, 0.15) is 70.7 Å². The second kappa shape index (κ2) is 10.6. The average molecular weight is 549 g/mol. The fourth-order valence-electron chi connectivity index (χ4n) is 4.99. The van der Waals surface area contributed by atoms with Crippen molar-refractivity contribution >= 4 is 56.2 Å². The number of ether oxygens (including phenoxy) is 1. The van der Waals surface area contributed by atoms with Gasteiger partial charge in [0.05, 0.1) is 12.8 Å². The third-order valence-corrected chi connectivity index (χ3v) is 7.21. The molecule has 0 aromatic heterocycles. The highest BCUT2D eigenvalue weighted by molar-refractivity contribution is 6.27. The van der Waals surface area contributed by atoms with Gasteiger partial charge in [-0.05, 0) is 120 Å². The number of benzene rings is 4. The van der Waals surface area contributed by atoms with Crippen LogP contribution in [0.4, 0.5) is 0 Å².